The highest BCUT2D eigenvalue weighted by Crippen LogP contribution is 2.23. The fourth-order valence-electron chi connectivity index (χ4n) is 1.78. The molecule has 0 amide bonds. The van der Waals surface area contributed by atoms with Crippen molar-refractivity contribution in [2.75, 3.05) is 13.2 Å². The summed E-state index contributed by atoms with van der Waals surface area (Å²) in [5.74, 6) is 0.554. The van der Waals surface area contributed by atoms with Crippen molar-refractivity contribution in [1.29, 1.82) is 0 Å². The fraction of sp³-hybridized carbons (Fsp3) is 0.467. The number of benzene rings is 1. The third-order valence-electron chi connectivity index (χ3n) is 2.80. The number of hydrogen-bond donors (Lipinski definition) is 1. The van der Waals surface area contributed by atoms with Gasteiger partial charge in [-0.05, 0) is 44.4 Å². The molecule has 0 bridgehead atoms. The summed E-state index contributed by atoms with van der Waals surface area (Å²) in [5, 5.41) is 0. The van der Waals surface area contributed by atoms with Gasteiger partial charge in [0.15, 0.2) is 0 Å². The highest BCUT2D eigenvalue weighted by atomic mass is 79.9. The molecule has 0 fully saturated rings. The number of carbonyl (C=O) groups excluding carboxylic acids is 1. The van der Waals surface area contributed by atoms with Crippen LogP contribution in [0.4, 0.5) is 0 Å². The average molecular weight is 374 g/mol. The van der Waals surface area contributed by atoms with Crippen LogP contribution in [0.15, 0.2) is 22.7 Å². The molecule has 0 aliphatic rings. The highest BCUT2D eigenvalue weighted by molar-refractivity contribution is 9.10. The molecule has 1 aromatic rings. The van der Waals surface area contributed by atoms with Crippen LogP contribution in [0.2, 0.25) is 0 Å². The number of esters is 1. The molecule has 0 radical (unpaired) electrons. The maximum Gasteiger partial charge on any atom is 0.305 e. The van der Waals surface area contributed by atoms with Gasteiger partial charge in [-0.15, -0.1) is 0 Å². The SMILES string of the molecule is CCOC(=O)CCCCCOc1ccc(Br)cc1C(N)=S. The molecule has 0 unspecified atom stereocenters. The molecule has 21 heavy (non-hydrogen) atoms. The van der Waals surface area contributed by atoms with E-state index in [-0.39, 0.29) is 5.97 Å². The third kappa shape index (κ3) is 6.91. The summed E-state index contributed by atoms with van der Waals surface area (Å²) in [6.45, 7) is 2.82. The Morgan fingerprint density at radius 1 is 1.33 bits per heavy atom. The molecular formula is C15H20BrNO3S. The second-order valence-electron chi connectivity index (χ2n) is 4.47. The van der Waals surface area contributed by atoms with Gasteiger partial charge in [-0.3, -0.25) is 4.79 Å². The lowest BCUT2D eigenvalue weighted by Gasteiger charge is -2.11. The van der Waals surface area contributed by atoms with Gasteiger partial charge in [-0.25, -0.2) is 0 Å². The summed E-state index contributed by atoms with van der Waals surface area (Å²) in [5.41, 5.74) is 6.40. The predicted molar refractivity (Wildman–Crippen MR) is 90.6 cm³/mol. The van der Waals surface area contributed by atoms with Crippen LogP contribution >= 0.6 is 28.1 Å². The number of nitrogens with two attached hydrogens (primary N) is 1. The van der Waals surface area contributed by atoms with Gasteiger partial charge in [-0.1, -0.05) is 28.1 Å². The van der Waals surface area contributed by atoms with Crippen LogP contribution in [-0.2, 0) is 9.53 Å². The molecule has 0 spiro atoms. The first-order valence-electron chi connectivity index (χ1n) is 6.92. The highest BCUT2D eigenvalue weighted by Gasteiger charge is 2.07. The predicted octanol–water partition coefficient (Wildman–Crippen LogP) is 3.59. The van der Waals surface area contributed by atoms with E-state index in [9.17, 15) is 4.79 Å². The van der Waals surface area contributed by atoms with E-state index in [0.717, 1.165) is 29.3 Å². The Labute approximate surface area is 139 Å². The minimum atomic E-state index is -0.137. The first-order chi connectivity index (χ1) is 10.0. The second-order valence-corrected chi connectivity index (χ2v) is 5.82. The van der Waals surface area contributed by atoms with Crippen molar-refractivity contribution < 1.29 is 14.3 Å². The Bertz CT molecular complexity index is 494. The Morgan fingerprint density at radius 3 is 2.76 bits per heavy atom. The summed E-state index contributed by atoms with van der Waals surface area (Å²) in [7, 11) is 0. The summed E-state index contributed by atoms with van der Waals surface area (Å²) >= 11 is 8.39. The van der Waals surface area contributed by atoms with Gasteiger partial charge < -0.3 is 15.2 Å². The van der Waals surface area contributed by atoms with Crippen molar-refractivity contribution >= 4 is 39.1 Å². The number of rotatable bonds is 9. The quantitative estimate of drug-likeness (QED) is 0.407. The molecule has 1 rings (SSSR count). The molecule has 0 atom stereocenters. The first-order valence-corrected chi connectivity index (χ1v) is 8.12. The van der Waals surface area contributed by atoms with Crippen molar-refractivity contribution in [3.05, 3.63) is 28.2 Å². The molecule has 0 aromatic heterocycles. The van der Waals surface area contributed by atoms with E-state index in [2.05, 4.69) is 15.9 Å². The Balaban J connectivity index is 2.30. The summed E-state index contributed by atoms with van der Waals surface area (Å²) in [6, 6.07) is 5.58. The Morgan fingerprint density at radius 2 is 2.10 bits per heavy atom. The first kappa shape index (κ1) is 17.9. The van der Waals surface area contributed by atoms with Gasteiger partial charge in [0.05, 0.1) is 18.8 Å². The molecule has 2 N–H and O–H groups in total. The van der Waals surface area contributed by atoms with Crippen LogP contribution in [-0.4, -0.2) is 24.2 Å². The molecule has 0 aliphatic carbocycles. The van der Waals surface area contributed by atoms with E-state index >= 15 is 0 Å². The maximum atomic E-state index is 11.2. The van der Waals surface area contributed by atoms with Crippen LogP contribution in [0.1, 0.15) is 38.2 Å². The summed E-state index contributed by atoms with van der Waals surface area (Å²) in [4.78, 5) is 11.5. The molecule has 0 saturated heterocycles. The molecule has 0 saturated carbocycles. The lowest BCUT2D eigenvalue weighted by Crippen LogP contribution is -2.12. The molecule has 6 heteroatoms. The van der Waals surface area contributed by atoms with Crippen LogP contribution in [0.3, 0.4) is 0 Å². The second kappa shape index (κ2) is 9.73. The number of carbonyl (C=O) groups is 1. The van der Waals surface area contributed by atoms with Crippen LogP contribution in [0.25, 0.3) is 0 Å². The lowest BCUT2D eigenvalue weighted by atomic mass is 10.2. The zero-order valence-electron chi connectivity index (χ0n) is 12.1. The minimum Gasteiger partial charge on any atom is -0.493 e. The Kier molecular flexibility index (Phi) is 8.30. The average Bonchev–Trinajstić information content (AvgIpc) is 2.44. The van der Waals surface area contributed by atoms with Crippen LogP contribution in [0.5, 0.6) is 5.75 Å². The minimum absolute atomic E-state index is 0.137. The number of ether oxygens (including phenoxy) is 2. The Hall–Kier alpha value is -1.14. The van der Waals surface area contributed by atoms with Gasteiger partial charge in [0.25, 0.3) is 0 Å². The van der Waals surface area contributed by atoms with Gasteiger partial charge in [0.1, 0.15) is 10.7 Å². The summed E-state index contributed by atoms with van der Waals surface area (Å²) < 4.78 is 11.5. The number of unbranched alkanes of at least 4 members (excludes halogenated alkanes) is 2. The molecule has 1 aromatic carbocycles. The van der Waals surface area contributed by atoms with Gasteiger partial charge >= 0.3 is 5.97 Å². The smallest absolute Gasteiger partial charge is 0.305 e. The van der Waals surface area contributed by atoms with Crippen molar-refractivity contribution in [3.63, 3.8) is 0 Å². The van der Waals surface area contributed by atoms with Crippen LogP contribution < -0.4 is 10.5 Å². The number of halogens is 1. The van der Waals surface area contributed by atoms with E-state index in [0.29, 0.717) is 30.4 Å². The standard InChI is InChI=1S/C15H20BrNO3S/c1-2-19-14(18)6-4-3-5-9-20-13-8-7-11(16)10-12(13)15(17)21/h7-8,10H,2-6,9H2,1H3,(H2,17,21). The lowest BCUT2D eigenvalue weighted by molar-refractivity contribution is -0.143. The van der Waals surface area contributed by atoms with Gasteiger partial charge in [-0.2, -0.15) is 0 Å². The van der Waals surface area contributed by atoms with Gasteiger partial charge in [0, 0.05) is 10.9 Å². The van der Waals surface area contributed by atoms with E-state index < -0.39 is 0 Å². The number of thiocarbonyl (C=S) groups is 1. The van der Waals surface area contributed by atoms with E-state index in [4.69, 9.17) is 27.4 Å². The maximum absolute atomic E-state index is 11.2. The fourth-order valence-corrected chi connectivity index (χ4v) is 2.30. The van der Waals surface area contributed by atoms with E-state index in [1.807, 2.05) is 25.1 Å². The van der Waals surface area contributed by atoms with Crippen molar-refractivity contribution in [1.82, 2.24) is 0 Å². The topological polar surface area (TPSA) is 61.5 Å². The summed E-state index contributed by atoms with van der Waals surface area (Å²) in [6.07, 6.45) is 3.05. The normalized spacial score (nSPS) is 10.2. The number of hydrogen-bond acceptors (Lipinski definition) is 4. The monoisotopic (exact) mass is 373 g/mol. The van der Waals surface area contributed by atoms with Crippen molar-refractivity contribution in [3.8, 4) is 5.75 Å². The van der Waals surface area contributed by atoms with Crippen molar-refractivity contribution in [2.24, 2.45) is 5.73 Å². The van der Waals surface area contributed by atoms with Crippen molar-refractivity contribution in [2.45, 2.75) is 32.6 Å². The molecule has 4 nitrogen and oxygen atoms in total. The largest absolute Gasteiger partial charge is 0.493 e. The van der Waals surface area contributed by atoms with Crippen LogP contribution in [0, 0.1) is 0 Å². The molecule has 0 aliphatic heterocycles. The zero-order valence-corrected chi connectivity index (χ0v) is 14.5. The molecular weight excluding hydrogens is 354 g/mol. The van der Waals surface area contributed by atoms with E-state index in [1.54, 1.807) is 0 Å². The van der Waals surface area contributed by atoms with E-state index in [1.165, 1.54) is 0 Å². The van der Waals surface area contributed by atoms with Gasteiger partial charge in [0.2, 0.25) is 0 Å². The molecule has 116 valence electrons. The molecule has 0 heterocycles. The third-order valence-corrected chi connectivity index (χ3v) is 3.51. The zero-order chi connectivity index (χ0) is 15.7.